The van der Waals surface area contributed by atoms with Crippen LogP contribution in [0.3, 0.4) is 0 Å². The number of rotatable bonds is 12. The Morgan fingerprint density at radius 2 is 1.66 bits per heavy atom. The van der Waals surface area contributed by atoms with E-state index in [1.165, 1.54) is 0 Å². The van der Waals surface area contributed by atoms with Crippen molar-refractivity contribution in [2.45, 2.75) is 84.0 Å². The van der Waals surface area contributed by atoms with Gasteiger partial charge in [-0.2, -0.15) is 0 Å². The van der Waals surface area contributed by atoms with Crippen LogP contribution in [0.25, 0.3) is 0 Å². The number of aromatic hydroxyl groups is 1. The molecular weight excluding hydrogens is 552 g/mol. The molecule has 41 heavy (non-hydrogen) atoms. The first-order valence-electron chi connectivity index (χ1n) is 14.1. The van der Waals surface area contributed by atoms with E-state index in [2.05, 4.69) is 58.3 Å². The molecule has 222 valence electrons. The average molecular weight is 597 g/mol. The van der Waals surface area contributed by atoms with Gasteiger partial charge in [0.05, 0.1) is 12.7 Å². The molecule has 1 amide bonds. The highest BCUT2D eigenvalue weighted by atomic mass is 35.5. The molecule has 1 atom stereocenters. The molecule has 0 saturated heterocycles. The number of nitrogens with one attached hydrogen (secondary N) is 2. The molecule has 0 aromatic heterocycles. The summed E-state index contributed by atoms with van der Waals surface area (Å²) in [5.41, 5.74) is 3.75. The predicted molar refractivity (Wildman–Crippen MR) is 170 cm³/mol. The Morgan fingerprint density at radius 3 is 2.29 bits per heavy atom. The third-order valence-corrected chi connectivity index (χ3v) is 12.6. The summed E-state index contributed by atoms with van der Waals surface area (Å²) < 4.78 is 6.85. The summed E-state index contributed by atoms with van der Waals surface area (Å²) in [6, 6.07) is 20.5. The van der Waals surface area contributed by atoms with Gasteiger partial charge in [-0.3, -0.25) is 4.79 Å². The number of carbonyl (C=O) groups is 1. The molecule has 0 bridgehead atoms. The summed E-state index contributed by atoms with van der Waals surface area (Å²) in [4.78, 5) is 12.9. The van der Waals surface area contributed by atoms with E-state index in [4.69, 9.17) is 16.0 Å². The van der Waals surface area contributed by atoms with Gasteiger partial charge >= 0.3 is 0 Å². The molecule has 0 radical (unpaired) electrons. The minimum atomic E-state index is -2.13. The first-order valence-corrected chi connectivity index (χ1v) is 17.4. The van der Waals surface area contributed by atoms with Gasteiger partial charge in [0.25, 0.3) is 5.91 Å². The molecular formula is C33H45ClN2O4Si. The minimum Gasteiger partial charge on any atom is -0.508 e. The van der Waals surface area contributed by atoms with Crippen LogP contribution in [0.15, 0.2) is 66.7 Å². The van der Waals surface area contributed by atoms with Crippen molar-refractivity contribution in [2.75, 3.05) is 6.54 Å². The number of phenols is 1. The standard InChI is InChI=1S/C33H45ClN2O4Si/c1-32(2,3)41(6,7)40-30(25-13-16-29(38)27(18-25)22-37)21-36-33(4,5)19-24-9-8-10-26(17-24)31(39)35-20-23-11-14-28(34)15-12-23/h8-18,30,36-38H,19-22H2,1-7H3,(H,35,39)/t30-/m0/s1. The van der Waals surface area contributed by atoms with Crippen molar-refractivity contribution < 1.29 is 19.4 Å². The summed E-state index contributed by atoms with van der Waals surface area (Å²) in [5, 5.41) is 27.2. The molecule has 0 heterocycles. The Balaban J connectivity index is 1.71. The van der Waals surface area contributed by atoms with Gasteiger partial charge in [0, 0.05) is 34.8 Å². The molecule has 0 aliphatic carbocycles. The lowest BCUT2D eigenvalue weighted by atomic mass is 9.93. The highest BCUT2D eigenvalue weighted by molar-refractivity contribution is 6.74. The first kappa shape index (κ1) is 32.8. The normalized spacial score (nSPS) is 13.2. The number of carbonyl (C=O) groups excluding carboxylic acids is 1. The summed E-state index contributed by atoms with van der Waals surface area (Å²) in [6.07, 6.45) is 0.446. The molecule has 0 unspecified atom stereocenters. The maximum Gasteiger partial charge on any atom is 0.251 e. The van der Waals surface area contributed by atoms with Gasteiger partial charge < -0.3 is 25.3 Å². The van der Waals surface area contributed by atoms with Crippen molar-refractivity contribution in [3.05, 3.63) is 99.6 Å². The van der Waals surface area contributed by atoms with Crippen molar-refractivity contribution in [3.8, 4) is 5.75 Å². The van der Waals surface area contributed by atoms with E-state index in [0.717, 1.165) is 16.7 Å². The van der Waals surface area contributed by atoms with Crippen LogP contribution >= 0.6 is 11.6 Å². The van der Waals surface area contributed by atoms with Crippen LogP contribution in [0.4, 0.5) is 0 Å². The second kappa shape index (κ2) is 13.5. The van der Waals surface area contributed by atoms with Crippen LogP contribution in [0, 0.1) is 0 Å². The number of benzene rings is 3. The predicted octanol–water partition coefficient (Wildman–Crippen LogP) is 7.14. The molecule has 0 aliphatic rings. The van der Waals surface area contributed by atoms with Crippen molar-refractivity contribution in [2.24, 2.45) is 0 Å². The molecule has 0 aliphatic heterocycles. The van der Waals surface area contributed by atoms with E-state index in [9.17, 15) is 15.0 Å². The molecule has 0 spiro atoms. The third kappa shape index (κ3) is 9.41. The number of halogens is 1. The largest absolute Gasteiger partial charge is 0.508 e. The second-order valence-electron chi connectivity index (χ2n) is 12.9. The number of hydrogen-bond acceptors (Lipinski definition) is 5. The molecule has 3 aromatic carbocycles. The molecule has 8 heteroatoms. The monoisotopic (exact) mass is 596 g/mol. The Labute approximate surface area is 251 Å². The fourth-order valence-corrected chi connectivity index (χ4v) is 5.75. The lowest BCUT2D eigenvalue weighted by Gasteiger charge is -2.40. The molecule has 4 N–H and O–H groups in total. The highest BCUT2D eigenvalue weighted by Gasteiger charge is 2.39. The average Bonchev–Trinajstić information content (AvgIpc) is 2.90. The van der Waals surface area contributed by atoms with E-state index in [0.29, 0.717) is 35.7 Å². The van der Waals surface area contributed by atoms with Crippen molar-refractivity contribution in [1.29, 1.82) is 0 Å². The van der Waals surface area contributed by atoms with Crippen LogP contribution in [-0.2, 0) is 24.0 Å². The number of aliphatic hydroxyl groups excluding tert-OH is 1. The molecule has 3 rings (SSSR count). The van der Waals surface area contributed by atoms with E-state index < -0.39 is 8.32 Å². The Kier molecular flexibility index (Phi) is 10.8. The van der Waals surface area contributed by atoms with Gasteiger partial charge in [-0.1, -0.05) is 62.7 Å². The SMILES string of the molecule is CC(C)(Cc1cccc(C(=O)NCc2ccc(Cl)cc2)c1)NC[C@H](O[Si](C)(C)C(C)(C)C)c1ccc(O)c(CO)c1. The molecule has 0 saturated carbocycles. The Morgan fingerprint density at radius 1 is 0.976 bits per heavy atom. The van der Waals surface area contributed by atoms with Gasteiger partial charge in [-0.25, -0.2) is 0 Å². The highest BCUT2D eigenvalue weighted by Crippen LogP contribution is 2.40. The first-order chi connectivity index (χ1) is 19.1. The lowest BCUT2D eigenvalue weighted by Crippen LogP contribution is -2.47. The van der Waals surface area contributed by atoms with Crippen LogP contribution in [0.2, 0.25) is 23.2 Å². The van der Waals surface area contributed by atoms with Gasteiger partial charge in [-0.15, -0.1) is 0 Å². The maximum absolute atomic E-state index is 12.9. The van der Waals surface area contributed by atoms with Gasteiger partial charge in [-0.05, 0) is 91.5 Å². The maximum atomic E-state index is 12.9. The number of amides is 1. The van der Waals surface area contributed by atoms with Gasteiger partial charge in [0.15, 0.2) is 8.32 Å². The van der Waals surface area contributed by atoms with Crippen molar-refractivity contribution in [1.82, 2.24) is 10.6 Å². The van der Waals surface area contributed by atoms with E-state index in [1.54, 1.807) is 6.07 Å². The smallest absolute Gasteiger partial charge is 0.251 e. The summed E-state index contributed by atoms with van der Waals surface area (Å²) in [7, 11) is -2.13. The molecule has 0 fully saturated rings. The summed E-state index contributed by atoms with van der Waals surface area (Å²) >= 11 is 5.96. The van der Waals surface area contributed by atoms with Crippen LogP contribution in [0.5, 0.6) is 5.75 Å². The molecule has 3 aromatic rings. The topological polar surface area (TPSA) is 90.8 Å². The Hall–Kier alpha value is -2.68. The Bertz CT molecular complexity index is 1320. The minimum absolute atomic E-state index is 0.0199. The van der Waals surface area contributed by atoms with Gasteiger partial charge in [0.1, 0.15) is 5.75 Å². The van der Waals surface area contributed by atoms with Crippen molar-refractivity contribution in [3.63, 3.8) is 0 Å². The van der Waals surface area contributed by atoms with Crippen LogP contribution < -0.4 is 10.6 Å². The zero-order valence-corrected chi connectivity index (χ0v) is 27.1. The third-order valence-electron chi connectivity index (χ3n) is 7.86. The van der Waals surface area contributed by atoms with Crippen LogP contribution in [-0.4, -0.2) is 36.5 Å². The fraction of sp³-hybridized carbons (Fsp3) is 0.424. The van der Waals surface area contributed by atoms with E-state index in [1.807, 2.05) is 60.7 Å². The lowest BCUT2D eigenvalue weighted by molar-refractivity contribution is 0.0950. The van der Waals surface area contributed by atoms with E-state index in [-0.39, 0.29) is 34.9 Å². The summed E-state index contributed by atoms with van der Waals surface area (Å²) in [6.45, 7) is 16.1. The zero-order chi connectivity index (χ0) is 30.4. The van der Waals surface area contributed by atoms with Crippen LogP contribution in [0.1, 0.15) is 73.3 Å². The zero-order valence-electron chi connectivity index (χ0n) is 25.3. The number of hydrogen-bond donors (Lipinski definition) is 4. The van der Waals surface area contributed by atoms with Gasteiger partial charge in [0.2, 0.25) is 0 Å². The van der Waals surface area contributed by atoms with Crippen molar-refractivity contribution >= 4 is 25.8 Å². The fourth-order valence-electron chi connectivity index (χ4n) is 4.34. The quantitative estimate of drug-likeness (QED) is 0.167. The number of aliphatic hydroxyl groups is 1. The summed E-state index contributed by atoms with van der Waals surface area (Å²) in [5.74, 6) is -0.0462. The second-order valence-corrected chi connectivity index (χ2v) is 18.1. The van der Waals surface area contributed by atoms with E-state index >= 15 is 0 Å². The molecule has 6 nitrogen and oxygen atoms in total.